The van der Waals surface area contributed by atoms with Gasteiger partial charge in [-0.2, -0.15) is 0 Å². The molecule has 1 amide bonds. The highest BCUT2D eigenvalue weighted by molar-refractivity contribution is 5.76. The quantitative estimate of drug-likeness (QED) is 0.0420. The molecule has 0 fully saturated rings. The van der Waals surface area contributed by atoms with Crippen molar-refractivity contribution < 1.29 is 15.0 Å². The Kier molecular flexibility index (Phi) is 59.2. The first-order chi connectivity index (χ1) is 33.7. The van der Waals surface area contributed by atoms with Crippen LogP contribution >= 0.6 is 0 Å². The molecule has 2 atom stereocenters. The van der Waals surface area contributed by atoms with Crippen LogP contribution in [0.3, 0.4) is 0 Å². The number of rotatable bonds is 59. The molecule has 0 aliphatic carbocycles. The van der Waals surface area contributed by atoms with Gasteiger partial charge < -0.3 is 15.5 Å². The predicted octanol–water partition coefficient (Wildman–Crippen LogP) is 21.0. The van der Waals surface area contributed by atoms with E-state index in [0.29, 0.717) is 6.42 Å². The number of aliphatic hydroxyl groups excluding tert-OH is 2. The molecule has 2 unspecified atom stereocenters. The average molecular weight is 957 g/mol. The first kappa shape index (κ1) is 66.9. The summed E-state index contributed by atoms with van der Waals surface area (Å²) in [5, 5.41) is 23.2. The van der Waals surface area contributed by atoms with Crippen molar-refractivity contribution in [3.05, 3.63) is 24.3 Å². The summed E-state index contributed by atoms with van der Waals surface area (Å²) in [4.78, 5) is 12.5. The van der Waals surface area contributed by atoms with Gasteiger partial charge in [0.2, 0.25) is 5.91 Å². The summed E-state index contributed by atoms with van der Waals surface area (Å²) < 4.78 is 0. The summed E-state index contributed by atoms with van der Waals surface area (Å²) in [5.41, 5.74) is 0. The van der Waals surface area contributed by atoms with Crippen molar-refractivity contribution in [2.45, 2.75) is 373 Å². The molecule has 0 spiro atoms. The van der Waals surface area contributed by atoms with Crippen molar-refractivity contribution in [3.8, 4) is 0 Å². The van der Waals surface area contributed by atoms with Gasteiger partial charge in [0.1, 0.15) is 0 Å². The highest BCUT2D eigenvalue weighted by Gasteiger charge is 2.18. The summed E-state index contributed by atoms with van der Waals surface area (Å²) in [6.07, 6.45) is 80.9. The maximum Gasteiger partial charge on any atom is 0.220 e. The number of aliphatic hydroxyl groups is 2. The van der Waals surface area contributed by atoms with E-state index in [1.54, 1.807) is 6.08 Å². The van der Waals surface area contributed by atoms with Gasteiger partial charge in [-0.15, -0.1) is 0 Å². The van der Waals surface area contributed by atoms with E-state index in [1.165, 1.54) is 315 Å². The fourth-order valence-corrected chi connectivity index (χ4v) is 10.1. The van der Waals surface area contributed by atoms with E-state index in [-0.39, 0.29) is 12.5 Å². The van der Waals surface area contributed by atoms with Crippen molar-refractivity contribution in [1.29, 1.82) is 0 Å². The van der Waals surface area contributed by atoms with Crippen LogP contribution in [-0.2, 0) is 4.79 Å². The van der Waals surface area contributed by atoms with E-state index >= 15 is 0 Å². The lowest BCUT2D eigenvalue weighted by Gasteiger charge is -2.20. The number of carbonyl (C=O) groups is 1. The van der Waals surface area contributed by atoms with Crippen LogP contribution in [0.15, 0.2) is 24.3 Å². The van der Waals surface area contributed by atoms with Crippen LogP contribution in [0.2, 0.25) is 0 Å². The lowest BCUT2D eigenvalue weighted by Crippen LogP contribution is -2.45. The molecule has 0 aromatic carbocycles. The second kappa shape index (κ2) is 60.2. The number of allylic oxidation sites excluding steroid dienone is 3. The molecule has 4 heteroatoms. The summed E-state index contributed by atoms with van der Waals surface area (Å²) in [6, 6.07) is -0.621. The zero-order chi connectivity index (χ0) is 49.2. The van der Waals surface area contributed by atoms with Gasteiger partial charge in [0.15, 0.2) is 0 Å². The largest absolute Gasteiger partial charge is 0.394 e. The van der Waals surface area contributed by atoms with Crippen LogP contribution in [0.1, 0.15) is 361 Å². The van der Waals surface area contributed by atoms with Crippen molar-refractivity contribution in [2.24, 2.45) is 0 Å². The number of amides is 1. The van der Waals surface area contributed by atoms with Crippen LogP contribution in [0.25, 0.3) is 0 Å². The fourth-order valence-electron chi connectivity index (χ4n) is 10.1. The maximum atomic E-state index is 12.5. The zero-order valence-electron chi connectivity index (χ0n) is 46.7. The highest BCUT2D eigenvalue weighted by atomic mass is 16.3. The van der Waals surface area contributed by atoms with Gasteiger partial charge in [-0.25, -0.2) is 0 Å². The minimum absolute atomic E-state index is 0.0566. The fraction of sp³-hybridized carbons (Fsp3) is 0.922. The molecule has 0 saturated carbocycles. The molecular weight excluding hydrogens is 831 g/mol. The topological polar surface area (TPSA) is 69.6 Å². The Labute approximate surface area is 428 Å². The lowest BCUT2D eigenvalue weighted by molar-refractivity contribution is -0.123. The Morgan fingerprint density at radius 3 is 0.809 bits per heavy atom. The Morgan fingerprint density at radius 2 is 0.559 bits per heavy atom. The van der Waals surface area contributed by atoms with E-state index in [2.05, 4.69) is 31.3 Å². The number of hydrogen-bond acceptors (Lipinski definition) is 3. The molecule has 0 rings (SSSR count). The standard InChI is InChI=1S/C64H125NO3/c1-3-5-7-9-11-13-15-17-19-21-23-25-27-29-30-31-32-33-34-36-38-40-42-44-46-48-50-52-54-56-58-60-64(68)65-62(61-66)63(67)59-57-55-53-51-49-47-45-43-41-39-37-35-28-26-24-22-20-18-16-14-12-10-8-6-4-2/h29-30,57,59,62-63,66-67H,3-28,31-56,58,60-61H2,1-2H3,(H,65,68)/b30-29-,59-57+. The van der Waals surface area contributed by atoms with Gasteiger partial charge in [0.05, 0.1) is 18.8 Å². The van der Waals surface area contributed by atoms with Gasteiger partial charge in [-0.05, 0) is 44.9 Å². The van der Waals surface area contributed by atoms with Gasteiger partial charge in [0.25, 0.3) is 0 Å². The monoisotopic (exact) mass is 956 g/mol. The van der Waals surface area contributed by atoms with Gasteiger partial charge in [0, 0.05) is 6.42 Å². The number of unbranched alkanes of at least 4 members (excludes halogenated alkanes) is 50. The molecule has 0 bridgehead atoms. The van der Waals surface area contributed by atoms with Gasteiger partial charge >= 0.3 is 0 Å². The van der Waals surface area contributed by atoms with Gasteiger partial charge in [-0.3, -0.25) is 4.79 Å². The van der Waals surface area contributed by atoms with Crippen LogP contribution in [0.5, 0.6) is 0 Å². The number of nitrogens with one attached hydrogen (secondary N) is 1. The lowest BCUT2D eigenvalue weighted by atomic mass is 10.0. The van der Waals surface area contributed by atoms with Crippen molar-refractivity contribution >= 4 is 5.91 Å². The third kappa shape index (κ3) is 55.8. The molecule has 404 valence electrons. The molecule has 0 radical (unpaired) electrons. The molecule has 0 heterocycles. The third-order valence-electron chi connectivity index (χ3n) is 14.9. The normalized spacial score (nSPS) is 12.8. The Hall–Kier alpha value is -1.13. The Bertz CT molecular complexity index is 994. The summed E-state index contributed by atoms with van der Waals surface area (Å²) >= 11 is 0. The predicted molar refractivity (Wildman–Crippen MR) is 304 cm³/mol. The third-order valence-corrected chi connectivity index (χ3v) is 14.9. The summed E-state index contributed by atoms with van der Waals surface area (Å²) in [7, 11) is 0. The average Bonchev–Trinajstić information content (AvgIpc) is 3.34. The van der Waals surface area contributed by atoms with Crippen LogP contribution in [-0.4, -0.2) is 34.9 Å². The second-order valence-corrected chi connectivity index (χ2v) is 21.8. The summed E-state index contributed by atoms with van der Waals surface area (Å²) in [6.45, 7) is 4.36. The zero-order valence-corrected chi connectivity index (χ0v) is 46.7. The molecular formula is C64H125NO3. The van der Waals surface area contributed by atoms with Gasteiger partial charge in [-0.1, -0.05) is 334 Å². The van der Waals surface area contributed by atoms with Crippen LogP contribution < -0.4 is 5.32 Å². The van der Waals surface area contributed by atoms with E-state index in [0.717, 1.165) is 25.7 Å². The van der Waals surface area contributed by atoms with Crippen molar-refractivity contribution in [2.75, 3.05) is 6.61 Å². The van der Waals surface area contributed by atoms with E-state index in [9.17, 15) is 15.0 Å². The first-order valence-electron chi connectivity index (χ1n) is 31.6. The molecule has 0 aliphatic heterocycles. The van der Waals surface area contributed by atoms with E-state index in [4.69, 9.17) is 0 Å². The maximum absolute atomic E-state index is 12.5. The van der Waals surface area contributed by atoms with Crippen molar-refractivity contribution in [3.63, 3.8) is 0 Å². The van der Waals surface area contributed by atoms with E-state index in [1.807, 2.05) is 6.08 Å². The van der Waals surface area contributed by atoms with Crippen LogP contribution in [0.4, 0.5) is 0 Å². The minimum atomic E-state index is -0.838. The highest BCUT2D eigenvalue weighted by Crippen LogP contribution is 2.18. The molecule has 0 aliphatic rings. The molecule has 0 saturated heterocycles. The smallest absolute Gasteiger partial charge is 0.220 e. The summed E-state index contributed by atoms with van der Waals surface area (Å²) in [5.74, 6) is -0.0566. The SMILES string of the molecule is CCCCCCCCCCCCCC/C=C\CCCCCCCCCCCCCCCCCC(=O)NC(CO)C(O)/C=C/CCCCCCCCCCCCCCCCCCCCCCCCC. The number of hydrogen-bond donors (Lipinski definition) is 3. The van der Waals surface area contributed by atoms with Crippen molar-refractivity contribution in [1.82, 2.24) is 5.32 Å². The number of carbonyl (C=O) groups excluding carboxylic acids is 1. The molecule has 0 aromatic rings. The Balaban J connectivity index is 3.43. The Morgan fingerprint density at radius 1 is 0.338 bits per heavy atom. The molecule has 68 heavy (non-hydrogen) atoms. The first-order valence-corrected chi connectivity index (χ1v) is 31.6. The molecule has 0 aromatic heterocycles. The van der Waals surface area contributed by atoms with Crippen LogP contribution in [0, 0.1) is 0 Å². The molecule has 3 N–H and O–H groups in total. The minimum Gasteiger partial charge on any atom is -0.394 e. The molecule has 4 nitrogen and oxygen atoms in total. The second-order valence-electron chi connectivity index (χ2n) is 21.8. The van der Waals surface area contributed by atoms with E-state index < -0.39 is 12.1 Å².